The molecule has 1 aliphatic heterocycles. The molecule has 9 heteroatoms. The van der Waals surface area contributed by atoms with Gasteiger partial charge in [0.05, 0.1) is 26.1 Å². The molecule has 1 fully saturated rings. The van der Waals surface area contributed by atoms with E-state index in [0.717, 1.165) is 0 Å². The molecule has 0 saturated carbocycles. The number of aryl methyl sites for hydroxylation is 1. The zero-order valence-corrected chi connectivity index (χ0v) is 14.8. The Balaban J connectivity index is 1.87. The maximum absolute atomic E-state index is 13.0. The van der Waals surface area contributed by atoms with Gasteiger partial charge in [0.25, 0.3) is 11.8 Å². The second kappa shape index (κ2) is 7.34. The first-order valence-electron chi connectivity index (χ1n) is 8.06. The molecule has 0 aliphatic carbocycles. The summed E-state index contributed by atoms with van der Waals surface area (Å²) < 4.78 is 10.2. The lowest BCUT2D eigenvalue weighted by molar-refractivity contribution is 0.0179. The number of hydrogen-bond acceptors (Lipinski definition) is 7. The van der Waals surface area contributed by atoms with Crippen LogP contribution < -0.4 is 9.47 Å². The second-order valence-electron chi connectivity index (χ2n) is 5.66. The van der Waals surface area contributed by atoms with Gasteiger partial charge in [0.1, 0.15) is 11.3 Å². The molecule has 26 heavy (non-hydrogen) atoms. The quantitative estimate of drug-likeness (QED) is 0.808. The van der Waals surface area contributed by atoms with Gasteiger partial charge in [-0.25, -0.2) is 15.0 Å². The van der Waals surface area contributed by atoms with Gasteiger partial charge in [-0.2, -0.15) is 4.98 Å². The van der Waals surface area contributed by atoms with Gasteiger partial charge in [-0.15, -0.1) is 0 Å². The second-order valence-corrected chi connectivity index (χ2v) is 5.66. The SMILES string of the molecule is COc1ccc(C(=O)N2CCCN2C(=O)c2cnc(C)cn2)c(OC)n1. The molecule has 2 amide bonds. The van der Waals surface area contributed by atoms with Gasteiger partial charge >= 0.3 is 0 Å². The number of aromatic nitrogens is 3. The molecule has 3 rings (SSSR count). The molecule has 2 aromatic heterocycles. The molecule has 0 spiro atoms. The minimum Gasteiger partial charge on any atom is -0.481 e. The number of rotatable bonds is 4. The number of methoxy groups -OCH3 is 2. The van der Waals surface area contributed by atoms with Crippen LogP contribution in [0.4, 0.5) is 0 Å². The zero-order valence-electron chi connectivity index (χ0n) is 14.8. The predicted molar refractivity (Wildman–Crippen MR) is 90.8 cm³/mol. The van der Waals surface area contributed by atoms with Crippen LogP contribution in [-0.2, 0) is 0 Å². The molecule has 9 nitrogen and oxygen atoms in total. The van der Waals surface area contributed by atoms with Crippen LogP contribution in [0.5, 0.6) is 11.8 Å². The monoisotopic (exact) mass is 357 g/mol. The van der Waals surface area contributed by atoms with E-state index in [9.17, 15) is 9.59 Å². The van der Waals surface area contributed by atoms with Crippen LogP contribution in [0.2, 0.25) is 0 Å². The van der Waals surface area contributed by atoms with Crippen molar-refractivity contribution in [2.45, 2.75) is 13.3 Å². The van der Waals surface area contributed by atoms with Crippen LogP contribution in [0.25, 0.3) is 0 Å². The largest absolute Gasteiger partial charge is 0.481 e. The highest BCUT2D eigenvalue weighted by molar-refractivity contribution is 5.99. The van der Waals surface area contributed by atoms with E-state index in [0.29, 0.717) is 31.1 Å². The van der Waals surface area contributed by atoms with Crippen molar-refractivity contribution in [2.24, 2.45) is 0 Å². The number of hydrogen-bond donors (Lipinski definition) is 0. The number of nitrogens with zero attached hydrogens (tertiary/aromatic N) is 5. The van der Waals surface area contributed by atoms with Crippen LogP contribution >= 0.6 is 0 Å². The fourth-order valence-electron chi connectivity index (χ4n) is 2.66. The molecule has 1 aliphatic rings. The fourth-order valence-corrected chi connectivity index (χ4v) is 2.66. The third-order valence-electron chi connectivity index (χ3n) is 3.97. The Kier molecular flexibility index (Phi) is 4.97. The minimum absolute atomic E-state index is 0.142. The Morgan fingerprint density at radius 1 is 1.00 bits per heavy atom. The van der Waals surface area contributed by atoms with Crippen molar-refractivity contribution in [2.75, 3.05) is 27.3 Å². The summed E-state index contributed by atoms with van der Waals surface area (Å²) in [5.41, 5.74) is 1.16. The van der Waals surface area contributed by atoms with Crippen LogP contribution in [0.3, 0.4) is 0 Å². The number of pyridine rings is 1. The molecular formula is C17H19N5O4. The molecule has 0 aromatic carbocycles. The molecular weight excluding hydrogens is 338 g/mol. The Labute approximate surface area is 150 Å². The Hall–Kier alpha value is -3.23. The minimum atomic E-state index is -0.372. The van der Waals surface area contributed by atoms with Crippen LogP contribution in [0, 0.1) is 6.92 Å². The summed E-state index contributed by atoms with van der Waals surface area (Å²) in [4.78, 5) is 38.0. The van der Waals surface area contributed by atoms with Crippen molar-refractivity contribution < 1.29 is 19.1 Å². The topological polar surface area (TPSA) is 97.8 Å². The van der Waals surface area contributed by atoms with E-state index in [1.165, 1.54) is 36.6 Å². The molecule has 0 bridgehead atoms. The van der Waals surface area contributed by atoms with Gasteiger partial charge in [-0.1, -0.05) is 0 Å². The summed E-state index contributed by atoms with van der Waals surface area (Å²) in [7, 11) is 2.90. The maximum atomic E-state index is 13.0. The molecule has 0 atom stereocenters. The molecule has 2 aromatic rings. The van der Waals surface area contributed by atoms with Crippen molar-refractivity contribution in [3.8, 4) is 11.8 Å². The number of amides is 2. The van der Waals surface area contributed by atoms with Crippen molar-refractivity contribution in [1.82, 2.24) is 25.0 Å². The smallest absolute Gasteiger partial charge is 0.292 e. The van der Waals surface area contributed by atoms with Crippen molar-refractivity contribution in [1.29, 1.82) is 0 Å². The summed E-state index contributed by atoms with van der Waals surface area (Å²) in [5, 5.41) is 2.77. The number of carbonyl (C=O) groups is 2. The van der Waals surface area contributed by atoms with Crippen LogP contribution in [0.1, 0.15) is 33.0 Å². The van der Waals surface area contributed by atoms with Gasteiger partial charge < -0.3 is 9.47 Å². The first-order chi connectivity index (χ1) is 12.5. The van der Waals surface area contributed by atoms with Crippen molar-refractivity contribution >= 4 is 11.8 Å². The van der Waals surface area contributed by atoms with Gasteiger partial charge in [0.15, 0.2) is 0 Å². The first-order valence-corrected chi connectivity index (χ1v) is 8.06. The summed E-state index contributed by atoms with van der Waals surface area (Å²) in [6, 6.07) is 3.14. The van der Waals surface area contributed by atoms with E-state index >= 15 is 0 Å². The summed E-state index contributed by atoms with van der Waals surface area (Å²) in [6.45, 7) is 2.63. The normalized spacial score (nSPS) is 13.7. The van der Waals surface area contributed by atoms with E-state index in [2.05, 4.69) is 15.0 Å². The van der Waals surface area contributed by atoms with E-state index < -0.39 is 0 Å². The third kappa shape index (κ3) is 3.28. The lowest BCUT2D eigenvalue weighted by Gasteiger charge is -2.27. The number of carbonyl (C=O) groups excluding carboxylic acids is 2. The number of hydrazine groups is 1. The average Bonchev–Trinajstić information content (AvgIpc) is 3.16. The summed E-state index contributed by atoms with van der Waals surface area (Å²) in [5.74, 6) is -0.266. The number of ether oxygens (including phenoxy) is 2. The van der Waals surface area contributed by atoms with Gasteiger partial charge in [-0.3, -0.25) is 14.6 Å². The Morgan fingerprint density at radius 3 is 2.35 bits per heavy atom. The third-order valence-corrected chi connectivity index (χ3v) is 3.97. The summed E-state index contributed by atoms with van der Waals surface area (Å²) >= 11 is 0. The van der Waals surface area contributed by atoms with Crippen molar-refractivity contribution in [3.63, 3.8) is 0 Å². The average molecular weight is 357 g/mol. The lowest BCUT2D eigenvalue weighted by atomic mass is 10.2. The molecule has 136 valence electrons. The lowest BCUT2D eigenvalue weighted by Crippen LogP contribution is -2.45. The van der Waals surface area contributed by atoms with Gasteiger partial charge in [0, 0.05) is 25.4 Å². The van der Waals surface area contributed by atoms with Gasteiger partial charge in [-0.05, 0) is 19.4 Å². The highest BCUT2D eigenvalue weighted by Crippen LogP contribution is 2.24. The van der Waals surface area contributed by atoms with E-state index in [-0.39, 0.29) is 29.0 Å². The summed E-state index contributed by atoms with van der Waals surface area (Å²) in [6.07, 6.45) is 3.60. The van der Waals surface area contributed by atoms with Crippen molar-refractivity contribution in [3.05, 3.63) is 41.5 Å². The maximum Gasteiger partial charge on any atom is 0.292 e. The van der Waals surface area contributed by atoms with E-state index in [1.807, 2.05) is 0 Å². The standard InChI is InChI=1S/C17H19N5O4/c1-11-9-19-13(10-18-11)17(24)22-8-4-7-21(22)16(23)12-5-6-14(25-2)20-15(12)26-3/h5-6,9-10H,4,7-8H2,1-3H3. The molecule has 0 radical (unpaired) electrons. The highest BCUT2D eigenvalue weighted by atomic mass is 16.5. The predicted octanol–water partition coefficient (Wildman–Crippen LogP) is 1.10. The zero-order chi connectivity index (χ0) is 18.7. The highest BCUT2D eigenvalue weighted by Gasteiger charge is 2.34. The molecule has 0 N–H and O–H groups in total. The molecule has 3 heterocycles. The van der Waals surface area contributed by atoms with Crippen LogP contribution in [-0.4, -0.2) is 64.1 Å². The first kappa shape index (κ1) is 17.6. The van der Waals surface area contributed by atoms with E-state index in [1.54, 1.807) is 19.1 Å². The molecule has 1 saturated heterocycles. The Bertz CT molecular complexity index is 824. The van der Waals surface area contributed by atoms with Gasteiger partial charge in [0.2, 0.25) is 11.8 Å². The molecule has 0 unspecified atom stereocenters. The fraction of sp³-hybridized carbons (Fsp3) is 0.353. The Morgan fingerprint density at radius 2 is 1.73 bits per heavy atom. The van der Waals surface area contributed by atoms with E-state index in [4.69, 9.17) is 9.47 Å². The van der Waals surface area contributed by atoms with Crippen LogP contribution in [0.15, 0.2) is 24.5 Å².